The molecule has 1 heterocycles. The average molecular weight is 293 g/mol. The largest absolute Gasteiger partial charge is 0.409 e. The van der Waals surface area contributed by atoms with Gasteiger partial charge in [-0.15, -0.1) is 0 Å². The minimum Gasteiger partial charge on any atom is -0.409 e. The molecular formula is C16H24FN3O. The van der Waals surface area contributed by atoms with Crippen molar-refractivity contribution in [1.29, 1.82) is 0 Å². The van der Waals surface area contributed by atoms with Crippen LogP contribution >= 0.6 is 0 Å². The first-order valence-corrected chi connectivity index (χ1v) is 7.51. The lowest BCUT2D eigenvalue weighted by molar-refractivity contribution is 0.236. The number of halogens is 1. The lowest BCUT2D eigenvalue weighted by atomic mass is 9.82. The first kappa shape index (κ1) is 15.8. The van der Waals surface area contributed by atoms with Gasteiger partial charge < -0.3 is 10.9 Å². The highest BCUT2D eigenvalue weighted by atomic mass is 19.1. The Balaban J connectivity index is 2.12. The molecule has 0 bridgehead atoms. The third-order valence-corrected chi connectivity index (χ3v) is 4.78. The lowest BCUT2D eigenvalue weighted by Crippen LogP contribution is -2.26. The van der Waals surface area contributed by atoms with Gasteiger partial charge in [0, 0.05) is 18.7 Å². The maximum absolute atomic E-state index is 13.7. The summed E-state index contributed by atoms with van der Waals surface area (Å²) >= 11 is 0. The van der Waals surface area contributed by atoms with E-state index in [1.54, 1.807) is 6.07 Å². The fourth-order valence-electron chi connectivity index (χ4n) is 3.20. The molecule has 0 amide bonds. The Bertz CT molecular complexity index is 526. The molecule has 0 atom stereocenters. The third-order valence-electron chi connectivity index (χ3n) is 4.78. The number of benzene rings is 1. The predicted molar refractivity (Wildman–Crippen MR) is 81.8 cm³/mol. The molecule has 0 spiro atoms. The van der Waals surface area contributed by atoms with Crippen LogP contribution in [-0.2, 0) is 6.54 Å². The van der Waals surface area contributed by atoms with Crippen molar-refractivity contribution in [2.75, 3.05) is 13.1 Å². The van der Waals surface area contributed by atoms with Crippen LogP contribution in [0.15, 0.2) is 23.4 Å². The molecular weight excluding hydrogens is 269 g/mol. The number of nitrogens with two attached hydrogens (primary N) is 1. The van der Waals surface area contributed by atoms with E-state index >= 15 is 0 Å². The van der Waals surface area contributed by atoms with Crippen molar-refractivity contribution < 1.29 is 9.60 Å². The van der Waals surface area contributed by atoms with Gasteiger partial charge in [0.2, 0.25) is 0 Å². The Kier molecular flexibility index (Phi) is 4.83. The first-order chi connectivity index (χ1) is 10.0. The van der Waals surface area contributed by atoms with Crippen LogP contribution in [0.1, 0.15) is 44.2 Å². The fraction of sp³-hybridized carbons (Fsp3) is 0.562. The molecule has 4 nitrogen and oxygen atoms in total. The van der Waals surface area contributed by atoms with Crippen LogP contribution in [-0.4, -0.2) is 29.0 Å². The Morgan fingerprint density at radius 1 is 1.38 bits per heavy atom. The first-order valence-electron chi connectivity index (χ1n) is 7.51. The van der Waals surface area contributed by atoms with Crippen molar-refractivity contribution in [3.8, 4) is 0 Å². The third kappa shape index (κ3) is 3.53. The van der Waals surface area contributed by atoms with Crippen molar-refractivity contribution in [1.82, 2.24) is 4.90 Å². The highest BCUT2D eigenvalue weighted by Gasteiger charge is 2.34. The molecule has 0 saturated carbocycles. The number of likely N-dealkylation sites (tertiary alicyclic amines) is 1. The van der Waals surface area contributed by atoms with Gasteiger partial charge in [0.05, 0.1) is 0 Å². The molecule has 0 radical (unpaired) electrons. The smallest absolute Gasteiger partial charge is 0.170 e. The average Bonchev–Trinajstić information content (AvgIpc) is 2.89. The van der Waals surface area contributed by atoms with Gasteiger partial charge >= 0.3 is 0 Å². The van der Waals surface area contributed by atoms with Crippen LogP contribution < -0.4 is 5.73 Å². The zero-order chi connectivity index (χ0) is 15.5. The van der Waals surface area contributed by atoms with Gasteiger partial charge in [-0.3, -0.25) is 4.90 Å². The van der Waals surface area contributed by atoms with E-state index < -0.39 is 0 Å². The van der Waals surface area contributed by atoms with Crippen molar-refractivity contribution in [3.63, 3.8) is 0 Å². The summed E-state index contributed by atoms with van der Waals surface area (Å²) in [6.45, 7) is 7.27. The Labute approximate surface area is 125 Å². The summed E-state index contributed by atoms with van der Waals surface area (Å²) < 4.78 is 13.7. The summed E-state index contributed by atoms with van der Waals surface area (Å²) in [7, 11) is 0. The van der Waals surface area contributed by atoms with E-state index in [2.05, 4.69) is 23.9 Å². The molecule has 1 fully saturated rings. The highest BCUT2D eigenvalue weighted by molar-refractivity contribution is 5.97. The van der Waals surface area contributed by atoms with Gasteiger partial charge in [0.15, 0.2) is 5.84 Å². The summed E-state index contributed by atoms with van der Waals surface area (Å²) in [5, 5.41) is 11.7. The summed E-state index contributed by atoms with van der Waals surface area (Å²) in [5.41, 5.74) is 7.23. The standard InChI is InChI=1S/C16H24FN3O/c1-3-16(4-2)5-6-20(11-16)10-12-7-13(15(18)19-21)9-14(17)8-12/h7-9,21H,3-6,10-11H2,1-2H3,(H2,18,19). The van der Waals surface area contributed by atoms with E-state index in [1.165, 1.54) is 31.4 Å². The highest BCUT2D eigenvalue weighted by Crippen LogP contribution is 2.37. The van der Waals surface area contributed by atoms with Gasteiger partial charge in [-0.25, -0.2) is 4.39 Å². The SMILES string of the molecule is CCC1(CC)CCN(Cc2cc(F)cc(/C(N)=N/O)c2)C1. The number of nitrogens with zero attached hydrogens (tertiary/aromatic N) is 2. The van der Waals surface area contributed by atoms with Gasteiger partial charge in [0.25, 0.3) is 0 Å². The van der Waals surface area contributed by atoms with Crippen LogP contribution in [0.2, 0.25) is 0 Å². The van der Waals surface area contributed by atoms with E-state index in [0.717, 1.165) is 18.7 Å². The Morgan fingerprint density at radius 3 is 2.67 bits per heavy atom. The van der Waals surface area contributed by atoms with Crippen molar-refractivity contribution in [3.05, 3.63) is 35.1 Å². The number of hydrogen-bond donors (Lipinski definition) is 2. The van der Waals surface area contributed by atoms with Gasteiger partial charge in [-0.2, -0.15) is 0 Å². The molecule has 3 N–H and O–H groups in total. The van der Waals surface area contributed by atoms with Crippen LogP contribution in [0.3, 0.4) is 0 Å². The van der Waals surface area contributed by atoms with E-state index in [9.17, 15) is 4.39 Å². The Morgan fingerprint density at radius 2 is 2.10 bits per heavy atom. The molecule has 116 valence electrons. The van der Waals surface area contributed by atoms with Gasteiger partial charge in [-0.1, -0.05) is 19.0 Å². The molecule has 1 aliphatic rings. The molecule has 1 aromatic carbocycles. The quantitative estimate of drug-likeness (QED) is 0.380. The molecule has 2 rings (SSSR count). The van der Waals surface area contributed by atoms with Crippen molar-refractivity contribution in [2.45, 2.75) is 39.7 Å². The fourth-order valence-corrected chi connectivity index (χ4v) is 3.20. The minimum absolute atomic E-state index is 0.0614. The summed E-state index contributed by atoms with van der Waals surface area (Å²) in [4.78, 5) is 2.36. The maximum atomic E-state index is 13.7. The van der Waals surface area contributed by atoms with E-state index in [-0.39, 0.29) is 11.7 Å². The number of hydrogen-bond acceptors (Lipinski definition) is 3. The minimum atomic E-state index is -0.356. The molecule has 1 saturated heterocycles. The molecule has 0 unspecified atom stereocenters. The summed E-state index contributed by atoms with van der Waals surface area (Å²) in [6, 6.07) is 4.59. The van der Waals surface area contributed by atoms with Crippen LogP contribution in [0.4, 0.5) is 4.39 Å². The predicted octanol–water partition coefficient (Wildman–Crippen LogP) is 2.93. The zero-order valence-corrected chi connectivity index (χ0v) is 12.8. The van der Waals surface area contributed by atoms with Crippen molar-refractivity contribution >= 4 is 5.84 Å². The second kappa shape index (κ2) is 6.43. The van der Waals surface area contributed by atoms with E-state index in [1.807, 2.05) is 0 Å². The summed E-state index contributed by atoms with van der Waals surface area (Å²) in [6.07, 6.45) is 3.56. The number of amidine groups is 1. The van der Waals surface area contributed by atoms with Crippen molar-refractivity contribution in [2.24, 2.45) is 16.3 Å². The molecule has 5 heteroatoms. The number of oxime groups is 1. The number of rotatable bonds is 5. The second-order valence-corrected chi connectivity index (χ2v) is 6.00. The molecule has 1 aliphatic heterocycles. The topological polar surface area (TPSA) is 61.8 Å². The second-order valence-electron chi connectivity index (χ2n) is 6.00. The molecule has 0 aromatic heterocycles. The van der Waals surface area contributed by atoms with Crippen LogP contribution in [0.25, 0.3) is 0 Å². The van der Waals surface area contributed by atoms with Crippen LogP contribution in [0.5, 0.6) is 0 Å². The zero-order valence-electron chi connectivity index (χ0n) is 12.8. The lowest BCUT2D eigenvalue weighted by Gasteiger charge is -2.26. The molecule has 21 heavy (non-hydrogen) atoms. The van der Waals surface area contributed by atoms with Gasteiger partial charge in [-0.05, 0) is 55.0 Å². The molecule has 0 aliphatic carbocycles. The molecule has 1 aromatic rings. The van der Waals surface area contributed by atoms with Gasteiger partial charge in [0.1, 0.15) is 5.82 Å². The summed E-state index contributed by atoms with van der Waals surface area (Å²) in [5.74, 6) is -0.417. The monoisotopic (exact) mass is 293 g/mol. The van der Waals surface area contributed by atoms with E-state index in [4.69, 9.17) is 10.9 Å². The Hall–Kier alpha value is -1.62. The van der Waals surface area contributed by atoms with E-state index in [0.29, 0.717) is 17.5 Å². The maximum Gasteiger partial charge on any atom is 0.170 e. The normalized spacial score (nSPS) is 19.1. The van der Waals surface area contributed by atoms with Crippen LogP contribution in [0, 0.1) is 11.2 Å².